The molecular weight excluding hydrogens is 258 g/mol. The van der Waals surface area contributed by atoms with Gasteiger partial charge in [0.15, 0.2) is 10.4 Å². The van der Waals surface area contributed by atoms with Gasteiger partial charge in [0.2, 0.25) is 0 Å². The van der Waals surface area contributed by atoms with Gasteiger partial charge in [-0.25, -0.2) is 0 Å². The largest absolute Gasteiger partial charge is 0.412 e. The third-order valence-electron chi connectivity index (χ3n) is 3.86. The molecule has 4 aromatic carbocycles. The van der Waals surface area contributed by atoms with Crippen LogP contribution in [0, 0.1) is 0 Å². The maximum absolute atomic E-state index is 3.42. The minimum absolute atomic E-state index is 1.10. The van der Waals surface area contributed by atoms with Gasteiger partial charge in [0.05, 0.1) is 0 Å². The van der Waals surface area contributed by atoms with Gasteiger partial charge in [-0.15, -0.1) is 0 Å². The van der Waals surface area contributed by atoms with E-state index in [0.29, 0.717) is 0 Å². The second-order valence-electron chi connectivity index (χ2n) is 5.01. The molecule has 0 saturated carbocycles. The molecular formula is C18H12NSi. The van der Waals surface area contributed by atoms with Gasteiger partial charge in [0, 0.05) is 11.1 Å². The first-order valence-electron chi connectivity index (χ1n) is 6.64. The lowest BCUT2D eigenvalue weighted by Gasteiger charge is -2.10. The zero-order valence-corrected chi connectivity index (χ0v) is 11.9. The first-order valence-corrected chi connectivity index (χ1v) is 7.14. The number of fused-ring (bicyclic) bond motifs is 4. The molecule has 2 heteroatoms. The van der Waals surface area contributed by atoms with E-state index >= 15 is 0 Å². The fourth-order valence-corrected chi connectivity index (χ4v) is 3.11. The summed E-state index contributed by atoms with van der Waals surface area (Å²) in [5.41, 5.74) is 1.10. The minimum atomic E-state index is 1.10. The Hall–Kier alpha value is -2.32. The van der Waals surface area contributed by atoms with Crippen molar-refractivity contribution >= 4 is 48.4 Å². The highest BCUT2D eigenvalue weighted by Gasteiger charge is 2.06. The average molecular weight is 270 g/mol. The van der Waals surface area contributed by atoms with Crippen LogP contribution >= 0.6 is 0 Å². The monoisotopic (exact) mass is 270 g/mol. The second-order valence-corrected chi connectivity index (χ2v) is 5.26. The molecule has 0 saturated heterocycles. The number of rotatable bonds is 1. The van der Waals surface area contributed by atoms with Gasteiger partial charge in [-0.05, 0) is 45.1 Å². The Kier molecular flexibility index (Phi) is 2.50. The molecule has 0 bridgehead atoms. The van der Waals surface area contributed by atoms with Gasteiger partial charge in [-0.3, -0.25) is 0 Å². The lowest BCUT2D eigenvalue weighted by Crippen LogP contribution is -1.92. The van der Waals surface area contributed by atoms with Crippen molar-refractivity contribution in [2.24, 2.45) is 0 Å². The van der Waals surface area contributed by atoms with E-state index < -0.39 is 0 Å². The normalized spacial score (nSPS) is 11.2. The smallest absolute Gasteiger partial charge is 0.186 e. The number of anilines is 1. The third-order valence-corrected chi connectivity index (χ3v) is 4.13. The number of nitrogens with one attached hydrogen (secondary N) is 1. The predicted octanol–water partition coefficient (Wildman–Crippen LogP) is 4.64. The standard InChI is InChI=1S/C18H12NSi/c20-19-17-7-3-6-12-8-9-15-10-13-4-1-2-5-14(13)11-16(15)18(12)17/h1-11,19H. The van der Waals surface area contributed by atoms with Crippen molar-refractivity contribution in [2.45, 2.75) is 0 Å². The summed E-state index contributed by atoms with van der Waals surface area (Å²) in [6.45, 7) is 0. The summed E-state index contributed by atoms with van der Waals surface area (Å²) in [7, 11) is 3.42. The van der Waals surface area contributed by atoms with E-state index in [2.05, 4.69) is 82.1 Å². The molecule has 1 N–H and O–H groups in total. The Labute approximate surface area is 120 Å². The highest BCUT2D eigenvalue weighted by Crippen LogP contribution is 2.33. The van der Waals surface area contributed by atoms with Crippen LogP contribution in [0.4, 0.5) is 5.69 Å². The highest BCUT2D eigenvalue weighted by atomic mass is 28.2. The second kappa shape index (κ2) is 4.36. The molecule has 3 radical (unpaired) electrons. The maximum Gasteiger partial charge on any atom is 0.186 e. The SMILES string of the molecule is [Si]Nc1cccc2ccc3cc4ccccc4cc3c12. The molecule has 0 amide bonds. The topological polar surface area (TPSA) is 12.0 Å². The van der Waals surface area contributed by atoms with Crippen molar-refractivity contribution in [3.8, 4) is 0 Å². The minimum Gasteiger partial charge on any atom is -0.412 e. The van der Waals surface area contributed by atoms with E-state index in [9.17, 15) is 0 Å². The summed E-state index contributed by atoms with van der Waals surface area (Å²) in [5, 5.41) is 7.61. The van der Waals surface area contributed by atoms with Crippen molar-refractivity contribution in [1.82, 2.24) is 0 Å². The maximum atomic E-state index is 3.42. The molecule has 0 aromatic heterocycles. The van der Waals surface area contributed by atoms with Crippen LogP contribution in [0.3, 0.4) is 0 Å². The third kappa shape index (κ3) is 1.62. The molecule has 0 aliphatic carbocycles. The number of benzene rings is 4. The van der Waals surface area contributed by atoms with E-state index in [-0.39, 0.29) is 0 Å². The summed E-state index contributed by atoms with van der Waals surface area (Å²) in [4.78, 5) is 3.12. The Balaban J connectivity index is 2.25. The summed E-state index contributed by atoms with van der Waals surface area (Å²) < 4.78 is 0. The van der Waals surface area contributed by atoms with E-state index in [1.165, 1.54) is 32.3 Å². The van der Waals surface area contributed by atoms with E-state index in [1.54, 1.807) is 0 Å². The Bertz CT molecular complexity index is 944. The molecule has 0 spiro atoms. The van der Waals surface area contributed by atoms with E-state index in [4.69, 9.17) is 0 Å². The van der Waals surface area contributed by atoms with Crippen LogP contribution in [0.5, 0.6) is 0 Å². The van der Waals surface area contributed by atoms with Crippen LogP contribution in [0.2, 0.25) is 0 Å². The first kappa shape index (κ1) is 11.5. The number of hydrogen-bond acceptors (Lipinski definition) is 1. The molecule has 1 nitrogen and oxygen atoms in total. The van der Waals surface area contributed by atoms with Crippen molar-refractivity contribution in [1.29, 1.82) is 0 Å². The molecule has 4 aromatic rings. The first-order chi connectivity index (χ1) is 9.86. The van der Waals surface area contributed by atoms with Crippen LogP contribution in [0.1, 0.15) is 0 Å². The molecule has 93 valence electrons. The molecule has 0 aliphatic rings. The van der Waals surface area contributed by atoms with Gasteiger partial charge in [-0.2, -0.15) is 0 Å². The Morgan fingerprint density at radius 3 is 2.15 bits per heavy atom. The van der Waals surface area contributed by atoms with E-state index in [1.807, 2.05) is 0 Å². The molecule has 0 fully saturated rings. The van der Waals surface area contributed by atoms with Crippen LogP contribution in [-0.2, 0) is 0 Å². The van der Waals surface area contributed by atoms with Crippen molar-refractivity contribution in [3.63, 3.8) is 0 Å². The van der Waals surface area contributed by atoms with Crippen molar-refractivity contribution < 1.29 is 0 Å². The van der Waals surface area contributed by atoms with Gasteiger partial charge in [-0.1, -0.05) is 48.5 Å². The van der Waals surface area contributed by atoms with Crippen LogP contribution < -0.4 is 4.98 Å². The zero-order valence-electron chi connectivity index (χ0n) is 10.9. The van der Waals surface area contributed by atoms with Gasteiger partial charge < -0.3 is 4.98 Å². The Morgan fingerprint density at radius 1 is 0.650 bits per heavy atom. The fourth-order valence-electron chi connectivity index (χ4n) is 2.91. The summed E-state index contributed by atoms with van der Waals surface area (Å²) in [6, 6.07) is 23.7. The predicted molar refractivity (Wildman–Crippen MR) is 88.3 cm³/mol. The molecule has 0 heterocycles. The summed E-state index contributed by atoms with van der Waals surface area (Å²) in [6.07, 6.45) is 0. The quantitative estimate of drug-likeness (QED) is 0.302. The van der Waals surface area contributed by atoms with E-state index in [0.717, 1.165) is 5.69 Å². The molecule has 0 aliphatic heterocycles. The summed E-state index contributed by atoms with van der Waals surface area (Å²) >= 11 is 0. The molecule has 4 rings (SSSR count). The highest BCUT2D eigenvalue weighted by molar-refractivity contribution is 6.23. The Morgan fingerprint density at radius 2 is 1.35 bits per heavy atom. The average Bonchev–Trinajstić information content (AvgIpc) is 2.52. The van der Waals surface area contributed by atoms with Crippen LogP contribution in [0.25, 0.3) is 32.3 Å². The van der Waals surface area contributed by atoms with Crippen molar-refractivity contribution in [2.75, 3.05) is 4.98 Å². The molecule has 0 unspecified atom stereocenters. The van der Waals surface area contributed by atoms with Gasteiger partial charge >= 0.3 is 0 Å². The van der Waals surface area contributed by atoms with Gasteiger partial charge in [0.1, 0.15) is 0 Å². The lowest BCUT2D eigenvalue weighted by atomic mass is 9.97. The lowest BCUT2D eigenvalue weighted by molar-refractivity contribution is 1.74. The fraction of sp³-hybridized carbons (Fsp3) is 0. The number of hydrogen-bond donors (Lipinski definition) is 1. The molecule has 20 heavy (non-hydrogen) atoms. The molecule has 0 atom stereocenters. The van der Waals surface area contributed by atoms with Crippen LogP contribution in [0.15, 0.2) is 66.7 Å². The summed E-state index contributed by atoms with van der Waals surface area (Å²) in [5.74, 6) is 0. The van der Waals surface area contributed by atoms with Gasteiger partial charge in [0.25, 0.3) is 0 Å². The zero-order chi connectivity index (χ0) is 13.5. The van der Waals surface area contributed by atoms with Crippen molar-refractivity contribution in [3.05, 3.63) is 66.7 Å². The van der Waals surface area contributed by atoms with Crippen LogP contribution in [-0.4, -0.2) is 10.4 Å².